The van der Waals surface area contributed by atoms with Crippen LogP contribution in [0.2, 0.25) is 0 Å². The van der Waals surface area contributed by atoms with Crippen LogP contribution in [0.4, 0.5) is 0 Å². The first kappa shape index (κ1) is 16.8. The summed E-state index contributed by atoms with van der Waals surface area (Å²) in [6, 6.07) is 1.46. The zero-order valence-electron chi connectivity index (χ0n) is 14.3. The van der Waals surface area contributed by atoms with Gasteiger partial charge in [0.05, 0.1) is 12.5 Å². The van der Waals surface area contributed by atoms with Gasteiger partial charge in [-0.05, 0) is 57.8 Å². The fraction of sp³-hybridized carbons (Fsp3) is 0.944. The highest BCUT2D eigenvalue weighted by Gasteiger charge is 2.36. The Balaban J connectivity index is 1.89. The summed E-state index contributed by atoms with van der Waals surface area (Å²) in [4.78, 5) is 14.7. The van der Waals surface area contributed by atoms with Crippen molar-refractivity contribution in [3.63, 3.8) is 0 Å². The van der Waals surface area contributed by atoms with E-state index in [1.165, 1.54) is 32.2 Å². The zero-order valence-corrected chi connectivity index (χ0v) is 14.3. The molecule has 122 valence electrons. The van der Waals surface area contributed by atoms with Crippen LogP contribution in [0.5, 0.6) is 0 Å². The van der Waals surface area contributed by atoms with Crippen LogP contribution < -0.4 is 0 Å². The number of esters is 1. The first-order chi connectivity index (χ1) is 10.0. The van der Waals surface area contributed by atoms with Gasteiger partial charge in [0, 0.05) is 18.6 Å². The maximum Gasteiger partial charge on any atom is 0.308 e. The molecule has 0 unspecified atom stereocenters. The van der Waals surface area contributed by atoms with Gasteiger partial charge in [-0.1, -0.05) is 20.3 Å². The Morgan fingerprint density at radius 3 is 2.48 bits per heavy atom. The second-order valence-electron chi connectivity index (χ2n) is 7.39. The van der Waals surface area contributed by atoms with Gasteiger partial charge in [-0.2, -0.15) is 0 Å². The standard InChI is InChI=1S/C18H33NO2/c1-5-21-18(20)16-8-6-7-15(11-16)12-19(17-9-10-17)14(4)13(2)3/h13-17H,5-12H2,1-4H3/t14-,15-,16+/m0/s1. The molecule has 3 atom stereocenters. The van der Waals surface area contributed by atoms with E-state index < -0.39 is 0 Å². The fourth-order valence-electron chi connectivity index (χ4n) is 3.67. The average Bonchev–Trinajstić information content (AvgIpc) is 3.29. The van der Waals surface area contributed by atoms with Crippen LogP contribution in [-0.2, 0) is 9.53 Å². The molecule has 2 aliphatic rings. The summed E-state index contributed by atoms with van der Waals surface area (Å²) in [5.41, 5.74) is 0. The largest absolute Gasteiger partial charge is 0.466 e. The Morgan fingerprint density at radius 2 is 1.90 bits per heavy atom. The predicted octanol–water partition coefficient (Wildman–Crippen LogP) is 3.86. The summed E-state index contributed by atoms with van der Waals surface area (Å²) in [5.74, 6) is 1.57. The van der Waals surface area contributed by atoms with E-state index in [2.05, 4.69) is 25.7 Å². The van der Waals surface area contributed by atoms with Gasteiger partial charge in [-0.3, -0.25) is 9.69 Å². The smallest absolute Gasteiger partial charge is 0.308 e. The second-order valence-corrected chi connectivity index (χ2v) is 7.39. The number of ether oxygens (including phenoxy) is 1. The average molecular weight is 295 g/mol. The number of carbonyl (C=O) groups excluding carboxylic acids is 1. The minimum absolute atomic E-state index is 0.0390. The highest BCUT2D eigenvalue weighted by molar-refractivity contribution is 5.72. The van der Waals surface area contributed by atoms with Gasteiger partial charge in [-0.25, -0.2) is 0 Å². The van der Waals surface area contributed by atoms with E-state index in [4.69, 9.17) is 4.74 Å². The molecule has 21 heavy (non-hydrogen) atoms. The first-order valence-corrected chi connectivity index (χ1v) is 8.95. The maximum absolute atomic E-state index is 12.0. The van der Waals surface area contributed by atoms with E-state index in [1.807, 2.05) is 6.92 Å². The van der Waals surface area contributed by atoms with Crippen molar-refractivity contribution < 1.29 is 9.53 Å². The molecule has 3 heteroatoms. The minimum atomic E-state index is 0.0390. The summed E-state index contributed by atoms with van der Waals surface area (Å²) in [7, 11) is 0. The van der Waals surface area contributed by atoms with Crippen molar-refractivity contribution in [2.75, 3.05) is 13.2 Å². The van der Waals surface area contributed by atoms with E-state index in [0.717, 1.165) is 18.9 Å². The van der Waals surface area contributed by atoms with Crippen molar-refractivity contribution in [1.82, 2.24) is 4.90 Å². The molecule has 2 fully saturated rings. The molecule has 0 aromatic carbocycles. The van der Waals surface area contributed by atoms with Gasteiger partial charge < -0.3 is 4.74 Å². The van der Waals surface area contributed by atoms with Crippen LogP contribution in [0, 0.1) is 17.8 Å². The Hall–Kier alpha value is -0.570. The topological polar surface area (TPSA) is 29.5 Å². The lowest BCUT2D eigenvalue weighted by atomic mass is 9.81. The molecule has 0 aliphatic heterocycles. The molecule has 0 radical (unpaired) electrons. The Kier molecular flexibility index (Phi) is 6.09. The van der Waals surface area contributed by atoms with Gasteiger partial charge in [-0.15, -0.1) is 0 Å². The normalized spacial score (nSPS) is 27.9. The van der Waals surface area contributed by atoms with Crippen LogP contribution in [0.1, 0.15) is 66.2 Å². The quantitative estimate of drug-likeness (QED) is 0.668. The lowest BCUT2D eigenvalue weighted by Crippen LogP contribution is -2.42. The van der Waals surface area contributed by atoms with E-state index in [-0.39, 0.29) is 11.9 Å². The maximum atomic E-state index is 12.0. The van der Waals surface area contributed by atoms with Crippen molar-refractivity contribution in [2.24, 2.45) is 17.8 Å². The highest BCUT2D eigenvalue weighted by atomic mass is 16.5. The molecule has 0 bridgehead atoms. The van der Waals surface area contributed by atoms with Crippen LogP contribution in [0.15, 0.2) is 0 Å². The number of rotatable bonds is 7. The van der Waals surface area contributed by atoms with Crippen molar-refractivity contribution in [3.8, 4) is 0 Å². The minimum Gasteiger partial charge on any atom is -0.466 e. The molecular formula is C18H33NO2. The third-order valence-electron chi connectivity index (χ3n) is 5.38. The Bertz CT molecular complexity index is 338. The highest BCUT2D eigenvalue weighted by Crippen LogP contribution is 2.36. The molecule has 3 nitrogen and oxygen atoms in total. The lowest BCUT2D eigenvalue weighted by molar-refractivity contribution is -0.149. The van der Waals surface area contributed by atoms with Crippen LogP contribution >= 0.6 is 0 Å². The molecule has 0 aromatic heterocycles. The number of carbonyl (C=O) groups is 1. The predicted molar refractivity (Wildman–Crippen MR) is 86.1 cm³/mol. The van der Waals surface area contributed by atoms with E-state index in [1.54, 1.807) is 0 Å². The van der Waals surface area contributed by atoms with Gasteiger partial charge in [0.1, 0.15) is 0 Å². The van der Waals surface area contributed by atoms with Gasteiger partial charge in [0.15, 0.2) is 0 Å². The second kappa shape index (κ2) is 7.62. The molecule has 0 aromatic rings. The van der Waals surface area contributed by atoms with Crippen LogP contribution in [-0.4, -0.2) is 36.1 Å². The molecule has 0 amide bonds. The summed E-state index contributed by atoms with van der Waals surface area (Å²) in [6.45, 7) is 10.6. The van der Waals surface area contributed by atoms with Crippen LogP contribution in [0.3, 0.4) is 0 Å². The Morgan fingerprint density at radius 1 is 1.19 bits per heavy atom. The van der Waals surface area contributed by atoms with Crippen molar-refractivity contribution in [2.45, 2.75) is 78.3 Å². The van der Waals surface area contributed by atoms with Crippen molar-refractivity contribution in [3.05, 3.63) is 0 Å². The summed E-state index contributed by atoms with van der Waals surface area (Å²) < 4.78 is 5.23. The van der Waals surface area contributed by atoms with Crippen molar-refractivity contribution >= 4 is 5.97 Å². The molecule has 2 saturated carbocycles. The summed E-state index contributed by atoms with van der Waals surface area (Å²) >= 11 is 0. The third-order valence-corrected chi connectivity index (χ3v) is 5.38. The third kappa shape index (κ3) is 4.70. The fourth-order valence-corrected chi connectivity index (χ4v) is 3.67. The molecule has 0 saturated heterocycles. The number of nitrogens with zero attached hydrogens (tertiary/aromatic N) is 1. The van der Waals surface area contributed by atoms with Crippen LogP contribution in [0.25, 0.3) is 0 Å². The zero-order chi connectivity index (χ0) is 15.4. The van der Waals surface area contributed by atoms with Gasteiger partial charge in [0.2, 0.25) is 0 Å². The summed E-state index contributed by atoms with van der Waals surface area (Å²) in [5, 5.41) is 0. The van der Waals surface area contributed by atoms with Gasteiger partial charge in [0.25, 0.3) is 0 Å². The number of hydrogen-bond acceptors (Lipinski definition) is 3. The van der Waals surface area contributed by atoms with Gasteiger partial charge >= 0.3 is 5.97 Å². The summed E-state index contributed by atoms with van der Waals surface area (Å²) in [6.07, 6.45) is 7.26. The molecule has 0 spiro atoms. The van der Waals surface area contributed by atoms with Crippen molar-refractivity contribution in [1.29, 1.82) is 0 Å². The number of hydrogen-bond donors (Lipinski definition) is 0. The van der Waals surface area contributed by atoms with E-state index in [9.17, 15) is 4.79 Å². The lowest BCUT2D eigenvalue weighted by Gasteiger charge is -2.37. The molecule has 2 rings (SSSR count). The molecule has 2 aliphatic carbocycles. The molecule has 0 N–H and O–H groups in total. The first-order valence-electron chi connectivity index (χ1n) is 8.95. The SMILES string of the molecule is CCOC(=O)[C@@H]1CCC[C@H](CN(C2CC2)[C@@H](C)C(C)C)C1. The molecule has 0 heterocycles. The van der Waals surface area contributed by atoms with E-state index in [0.29, 0.717) is 24.5 Å². The van der Waals surface area contributed by atoms with E-state index >= 15 is 0 Å². The molecular weight excluding hydrogens is 262 g/mol. The monoisotopic (exact) mass is 295 g/mol. The Labute approximate surface area is 130 Å².